The van der Waals surface area contributed by atoms with Gasteiger partial charge < -0.3 is 4.74 Å². The third kappa shape index (κ3) is 3.43. The van der Waals surface area contributed by atoms with Crippen LogP contribution in [0.2, 0.25) is 0 Å². The van der Waals surface area contributed by atoms with Crippen molar-refractivity contribution in [3.63, 3.8) is 0 Å². The number of aryl methyl sites for hydroxylation is 2. The Morgan fingerprint density at radius 3 is 2.27 bits per heavy atom. The lowest BCUT2D eigenvalue weighted by Crippen LogP contribution is -2.32. The highest BCUT2D eigenvalue weighted by Gasteiger charge is 2.36. The van der Waals surface area contributed by atoms with E-state index in [1.165, 1.54) is 4.31 Å². The van der Waals surface area contributed by atoms with Crippen molar-refractivity contribution in [1.82, 2.24) is 14.3 Å². The number of rotatable bonds is 4. The van der Waals surface area contributed by atoms with Crippen LogP contribution in [0.25, 0.3) is 0 Å². The van der Waals surface area contributed by atoms with Gasteiger partial charge in [-0.05, 0) is 56.4 Å². The van der Waals surface area contributed by atoms with Gasteiger partial charge in [0.25, 0.3) is 0 Å². The second kappa shape index (κ2) is 6.92. The maximum atomic E-state index is 13.2. The molecule has 0 saturated carbocycles. The number of nitrogens with zero attached hydrogens (tertiary/aromatic N) is 3. The quantitative estimate of drug-likeness (QED) is 0.817. The van der Waals surface area contributed by atoms with Crippen molar-refractivity contribution < 1.29 is 17.5 Å². The van der Waals surface area contributed by atoms with Crippen molar-refractivity contribution in [2.24, 2.45) is 0 Å². The molecule has 0 spiro atoms. The van der Waals surface area contributed by atoms with Crippen LogP contribution in [0.5, 0.6) is 6.01 Å². The predicted octanol–water partition coefficient (Wildman–Crippen LogP) is 2.69. The van der Waals surface area contributed by atoms with Crippen LogP contribution >= 0.6 is 0 Å². The van der Waals surface area contributed by atoms with E-state index in [9.17, 15) is 12.8 Å². The molecule has 1 aliphatic rings. The Morgan fingerprint density at radius 1 is 1.12 bits per heavy atom. The maximum absolute atomic E-state index is 13.2. The van der Waals surface area contributed by atoms with Crippen LogP contribution < -0.4 is 4.74 Å². The van der Waals surface area contributed by atoms with Gasteiger partial charge >= 0.3 is 6.01 Å². The third-order valence-corrected chi connectivity index (χ3v) is 7.01. The average Bonchev–Trinajstić information content (AvgIpc) is 3.05. The molecule has 1 atom stereocenters. The Morgan fingerprint density at radius 2 is 1.69 bits per heavy atom. The van der Waals surface area contributed by atoms with E-state index in [4.69, 9.17) is 4.74 Å². The molecule has 1 aromatic heterocycles. The molecule has 1 aliphatic heterocycles. The fourth-order valence-corrected chi connectivity index (χ4v) is 5.28. The number of benzene rings is 1. The normalized spacial score (nSPS) is 18.3. The van der Waals surface area contributed by atoms with Crippen LogP contribution in [0.3, 0.4) is 0 Å². The van der Waals surface area contributed by atoms with Crippen LogP contribution in [-0.4, -0.2) is 41.9 Å². The van der Waals surface area contributed by atoms with Crippen molar-refractivity contribution in [1.29, 1.82) is 0 Å². The number of hydrogen-bond donors (Lipinski definition) is 0. The summed E-state index contributed by atoms with van der Waals surface area (Å²) >= 11 is 0. The first-order chi connectivity index (χ1) is 12.2. The Balaban J connectivity index is 1.83. The summed E-state index contributed by atoms with van der Waals surface area (Å²) in [5, 5.41) is 0. The van der Waals surface area contributed by atoms with Crippen molar-refractivity contribution in [2.45, 2.75) is 45.1 Å². The van der Waals surface area contributed by atoms with E-state index in [1.807, 2.05) is 33.8 Å². The van der Waals surface area contributed by atoms with Gasteiger partial charge in [-0.3, -0.25) is 0 Å². The fraction of sp³-hybridized carbons (Fsp3) is 0.444. The monoisotopic (exact) mass is 379 g/mol. The van der Waals surface area contributed by atoms with Crippen molar-refractivity contribution in [3.05, 3.63) is 46.5 Å². The Hall–Kier alpha value is -2.06. The first kappa shape index (κ1) is 18.7. The van der Waals surface area contributed by atoms with Crippen molar-refractivity contribution in [3.8, 4) is 6.01 Å². The molecule has 26 heavy (non-hydrogen) atoms. The highest BCUT2D eigenvalue weighted by atomic mass is 32.2. The standard InChI is InChI=1S/C18H22FN3O3S/c1-11-7-12(2)14(4)17(13(11)3)26(23,24)22-6-5-16(10-22)25-18-20-8-15(19)9-21-18/h7-9,16H,5-6,10H2,1-4H3/t16-/m1/s1. The summed E-state index contributed by atoms with van der Waals surface area (Å²) in [6, 6.07) is 2.06. The van der Waals surface area contributed by atoms with Crippen molar-refractivity contribution >= 4 is 10.0 Å². The zero-order chi connectivity index (χ0) is 19.1. The summed E-state index contributed by atoms with van der Waals surface area (Å²) in [4.78, 5) is 7.91. The number of hydrogen-bond acceptors (Lipinski definition) is 5. The minimum Gasteiger partial charge on any atom is -0.459 e. The zero-order valence-electron chi connectivity index (χ0n) is 15.3. The molecule has 2 heterocycles. The van der Waals surface area contributed by atoms with Gasteiger partial charge in [-0.2, -0.15) is 4.31 Å². The molecular weight excluding hydrogens is 357 g/mol. The first-order valence-electron chi connectivity index (χ1n) is 8.42. The van der Waals surface area contributed by atoms with Gasteiger partial charge in [0.05, 0.1) is 23.8 Å². The van der Waals surface area contributed by atoms with Gasteiger partial charge in [0.1, 0.15) is 6.10 Å². The smallest absolute Gasteiger partial charge is 0.316 e. The lowest BCUT2D eigenvalue weighted by atomic mass is 10.0. The molecule has 0 radical (unpaired) electrons. The van der Waals surface area contributed by atoms with Crippen LogP contribution in [-0.2, 0) is 10.0 Å². The average molecular weight is 379 g/mol. The lowest BCUT2D eigenvalue weighted by Gasteiger charge is -2.21. The summed E-state index contributed by atoms with van der Waals surface area (Å²) in [6.07, 6.45) is 2.21. The molecule has 6 nitrogen and oxygen atoms in total. The SMILES string of the molecule is Cc1cc(C)c(C)c(S(=O)(=O)N2CC[C@@H](Oc3ncc(F)cn3)C2)c1C. The van der Waals surface area contributed by atoms with E-state index < -0.39 is 15.8 Å². The molecule has 3 rings (SSSR count). The topological polar surface area (TPSA) is 72.4 Å². The molecule has 8 heteroatoms. The Bertz CT molecular complexity index is 903. The van der Waals surface area contributed by atoms with Crippen LogP contribution in [0, 0.1) is 33.5 Å². The molecule has 140 valence electrons. The molecule has 0 amide bonds. The highest BCUT2D eigenvalue weighted by molar-refractivity contribution is 7.89. The van der Waals surface area contributed by atoms with Crippen LogP contribution in [0.15, 0.2) is 23.4 Å². The third-order valence-electron chi connectivity index (χ3n) is 4.87. The maximum Gasteiger partial charge on any atom is 0.316 e. The molecule has 1 fully saturated rings. The second-order valence-corrected chi connectivity index (χ2v) is 8.54. The molecule has 0 bridgehead atoms. The van der Waals surface area contributed by atoms with E-state index in [0.29, 0.717) is 17.9 Å². The van der Waals surface area contributed by atoms with Gasteiger partial charge in [-0.25, -0.2) is 22.8 Å². The fourth-order valence-electron chi connectivity index (χ4n) is 3.22. The number of aromatic nitrogens is 2. The lowest BCUT2D eigenvalue weighted by molar-refractivity contribution is 0.197. The number of sulfonamides is 1. The minimum absolute atomic E-state index is 0.0504. The van der Waals surface area contributed by atoms with Crippen molar-refractivity contribution in [2.75, 3.05) is 13.1 Å². The Kier molecular flexibility index (Phi) is 4.98. The van der Waals surface area contributed by atoms with E-state index in [-0.39, 0.29) is 18.7 Å². The molecule has 0 aliphatic carbocycles. The summed E-state index contributed by atoms with van der Waals surface area (Å²) in [7, 11) is -3.62. The summed E-state index contributed by atoms with van der Waals surface area (Å²) in [5.74, 6) is -0.547. The highest BCUT2D eigenvalue weighted by Crippen LogP contribution is 2.31. The van der Waals surface area contributed by atoms with Gasteiger partial charge in [0, 0.05) is 6.54 Å². The summed E-state index contributed by atoms with van der Waals surface area (Å²) in [6.45, 7) is 8.09. The Labute approximate surface area is 153 Å². The molecule has 1 saturated heterocycles. The van der Waals surface area contributed by atoms with Gasteiger partial charge in [-0.15, -0.1) is 0 Å². The largest absolute Gasteiger partial charge is 0.459 e. The van der Waals surface area contributed by atoms with Gasteiger partial charge in [0.2, 0.25) is 10.0 Å². The van der Waals surface area contributed by atoms with E-state index >= 15 is 0 Å². The van der Waals surface area contributed by atoms with Gasteiger partial charge in [-0.1, -0.05) is 6.07 Å². The molecule has 2 aromatic rings. The van der Waals surface area contributed by atoms with E-state index in [0.717, 1.165) is 34.6 Å². The van der Waals surface area contributed by atoms with E-state index in [2.05, 4.69) is 9.97 Å². The second-order valence-electron chi connectivity index (χ2n) is 6.66. The van der Waals surface area contributed by atoms with Crippen LogP contribution in [0.1, 0.15) is 28.7 Å². The molecule has 0 unspecified atom stereocenters. The van der Waals surface area contributed by atoms with Crippen LogP contribution in [0.4, 0.5) is 4.39 Å². The number of ether oxygens (including phenoxy) is 1. The van der Waals surface area contributed by atoms with Gasteiger partial charge in [0.15, 0.2) is 5.82 Å². The predicted molar refractivity (Wildman–Crippen MR) is 95.2 cm³/mol. The zero-order valence-corrected chi connectivity index (χ0v) is 16.1. The first-order valence-corrected chi connectivity index (χ1v) is 9.86. The molecular formula is C18H22FN3O3S. The molecule has 1 aromatic carbocycles. The number of halogens is 1. The minimum atomic E-state index is -3.62. The van der Waals surface area contributed by atoms with E-state index in [1.54, 1.807) is 0 Å². The summed E-state index contributed by atoms with van der Waals surface area (Å²) in [5.41, 5.74) is 3.47. The summed E-state index contributed by atoms with van der Waals surface area (Å²) < 4.78 is 46.3. The molecule has 0 N–H and O–H groups in total.